The minimum Gasteiger partial charge on any atom is -0.492 e. The summed E-state index contributed by atoms with van der Waals surface area (Å²) in [5.74, 6) is 0.341. The van der Waals surface area contributed by atoms with E-state index in [4.69, 9.17) is 27.9 Å². The van der Waals surface area contributed by atoms with Crippen LogP contribution >= 0.6 is 23.2 Å². The molecular weight excluding hydrogens is 435 g/mol. The second-order valence-electron chi connectivity index (χ2n) is 6.99. The van der Waals surface area contributed by atoms with Gasteiger partial charge in [0, 0.05) is 23.2 Å². The smallest absolute Gasteiger partial charge is 0.251 e. The average molecular weight is 457 g/mol. The number of rotatable bonds is 7. The maximum atomic E-state index is 12.4. The highest BCUT2D eigenvalue weighted by Crippen LogP contribution is 2.34. The van der Waals surface area contributed by atoms with Crippen molar-refractivity contribution in [1.29, 1.82) is 0 Å². The van der Waals surface area contributed by atoms with E-state index in [2.05, 4.69) is 5.32 Å². The Bertz CT molecular complexity index is 1030. The highest BCUT2D eigenvalue weighted by molar-refractivity contribution is 7.92. The fourth-order valence-corrected chi connectivity index (χ4v) is 5.13. The van der Waals surface area contributed by atoms with Gasteiger partial charge in [0.25, 0.3) is 5.91 Å². The molecule has 1 aliphatic heterocycles. The van der Waals surface area contributed by atoms with Crippen molar-refractivity contribution in [2.24, 2.45) is 0 Å². The van der Waals surface area contributed by atoms with Gasteiger partial charge in [0.05, 0.1) is 23.6 Å². The van der Waals surface area contributed by atoms with Crippen LogP contribution in [0.3, 0.4) is 0 Å². The number of carbonyl (C=O) groups is 1. The highest BCUT2D eigenvalue weighted by atomic mass is 35.5. The first-order chi connectivity index (χ1) is 13.7. The van der Waals surface area contributed by atoms with Gasteiger partial charge < -0.3 is 10.1 Å². The third-order valence-corrected chi connectivity index (χ3v) is 6.41. The first-order valence-corrected chi connectivity index (χ1v) is 11.8. The number of ether oxygens (including phenoxy) is 1. The summed E-state index contributed by atoms with van der Waals surface area (Å²) in [6, 6.07) is 9.96. The summed E-state index contributed by atoms with van der Waals surface area (Å²) in [5.41, 5.74) is 2.01. The van der Waals surface area contributed by atoms with Crippen molar-refractivity contribution in [1.82, 2.24) is 5.32 Å². The van der Waals surface area contributed by atoms with E-state index in [1.807, 2.05) is 6.92 Å². The van der Waals surface area contributed by atoms with Crippen LogP contribution in [0.1, 0.15) is 29.3 Å². The topological polar surface area (TPSA) is 75.7 Å². The zero-order valence-electron chi connectivity index (χ0n) is 16.1. The summed E-state index contributed by atoms with van der Waals surface area (Å²) in [5, 5.41) is 3.83. The van der Waals surface area contributed by atoms with Crippen LogP contribution in [-0.4, -0.2) is 39.8 Å². The van der Waals surface area contributed by atoms with E-state index in [0.717, 1.165) is 5.56 Å². The van der Waals surface area contributed by atoms with Gasteiger partial charge in [-0.3, -0.25) is 9.10 Å². The van der Waals surface area contributed by atoms with Crippen LogP contribution in [0.5, 0.6) is 5.75 Å². The molecule has 0 fully saturated rings. The van der Waals surface area contributed by atoms with Crippen molar-refractivity contribution < 1.29 is 17.9 Å². The van der Waals surface area contributed by atoms with Gasteiger partial charge in [-0.15, -0.1) is 0 Å². The molecule has 2 aromatic rings. The monoisotopic (exact) mass is 456 g/mol. The number of sulfonamides is 1. The van der Waals surface area contributed by atoms with E-state index in [1.54, 1.807) is 36.4 Å². The lowest BCUT2D eigenvalue weighted by molar-refractivity contribution is 0.0951. The quantitative estimate of drug-likeness (QED) is 0.640. The predicted octanol–water partition coefficient (Wildman–Crippen LogP) is 3.90. The van der Waals surface area contributed by atoms with E-state index in [9.17, 15) is 13.2 Å². The normalized spacial score (nSPS) is 15.9. The van der Waals surface area contributed by atoms with Gasteiger partial charge in [-0.1, -0.05) is 23.2 Å². The Hall–Kier alpha value is -1.96. The van der Waals surface area contributed by atoms with E-state index < -0.39 is 10.0 Å². The Labute approximate surface area is 180 Å². The van der Waals surface area contributed by atoms with Crippen LogP contribution in [0.25, 0.3) is 0 Å². The average Bonchev–Trinajstić information content (AvgIpc) is 2.97. The fourth-order valence-electron chi connectivity index (χ4n) is 3.40. The second-order valence-corrected chi connectivity index (χ2v) is 9.69. The molecule has 1 amide bonds. The number of hydrogen-bond donors (Lipinski definition) is 1. The molecule has 0 aliphatic carbocycles. The number of anilines is 1. The second kappa shape index (κ2) is 8.81. The molecule has 1 N–H and O–H groups in total. The van der Waals surface area contributed by atoms with Crippen molar-refractivity contribution in [3.05, 3.63) is 57.6 Å². The number of benzene rings is 2. The van der Waals surface area contributed by atoms with Crippen molar-refractivity contribution in [2.75, 3.05) is 23.7 Å². The molecule has 0 spiro atoms. The molecule has 0 radical (unpaired) electrons. The molecule has 1 heterocycles. The summed E-state index contributed by atoms with van der Waals surface area (Å²) in [7, 11) is -3.35. The largest absolute Gasteiger partial charge is 0.492 e. The highest BCUT2D eigenvalue weighted by Gasteiger charge is 2.32. The molecule has 0 saturated heterocycles. The molecule has 1 aliphatic rings. The summed E-state index contributed by atoms with van der Waals surface area (Å²) in [4.78, 5) is 12.4. The van der Waals surface area contributed by atoms with E-state index in [0.29, 0.717) is 53.0 Å². The summed E-state index contributed by atoms with van der Waals surface area (Å²) in [6.45, 7) is 2.69. The Morgan fingerprint density at radius 3 is 2.69 bits per heavy atom. The minimum absolute atomic E-state index is 0.157. The molecule has 0 saturated carbocycles. The molecule has 0 aromatic heterocycles. The molecule has 0 bridgehead atoms. The van der Waals surface area contributed by atoms with Crippen molar-refractivity contribution in [3.8, 4) is 5.75 Å². The Kier molecular flexibility index (Phi) is 6.61. The van der Waals surface area contributed by atoms with Crippen LogP contribution in [0.4, 0.5) is 5.69 Å². The van der Waals surface area contributed by atoms with Gasteiger partial charge >= 0.3 is 0 Å². The molecule has 9 heteroatoms. The molecule has 156 valence electrons. The lowest BCUT2D eigenvalue weighted by Crippen LogP contribution is -2.34. The van der Waals surface area contributed by atoms with Gasteiger partial charge in [-0.05, 0) is 61.7 Å². The van der Waals surface area contributed by atoms with Crippen LogP contribution in [0, 0.1) is 0 Å². The zero-order chi connectivity index (χ0) is 21.2. The molecule has 3 rings (SSSR count). The molecule has 6 nitrogen and oxygen atoms in total. The number of carbonyl (C=O) groups excluding carboxylic acids is 1. The van der Waals surface area contributed by atoms with Crippen molar-refractivity contribution in [3.63, 3.8) is 0 Å². The third-order valence-electron chi connectivity index (χ3n) is 4.61. The van der Waals surface area contributed by atoms with Gasteiger partial charge in [0.2, 0.25) is 10.0 Å². The van der Waals surface area contributed by atoms with Crippen LogP contribution < -0.4 is 14.4 Å². The lowest BCUT2D eigenvalue weighted by atomic mass is 10.1. The number of amides is 1. The van der Waals surface area contributed by atoms with Gasteiger partial charge in [0.15, 0.2) is 0 Å². The standard InChI is InChI=1S/C20H22Cl2N2O4S/c1-13-10-15-11-14(4-6-18(15)24(13)29(2,26)27)20(25)23-8-3-9-28-19-7-5-16(21)12-17(19)22/h4-7,11-13H,3,8-10H2,1-2H3,(H,23,25). The Balaban J connectivity index is 1.52. The van der Waals surface area contributed by atoms with Gasteiger partial charge in [-0.2, -0.15) is 0 Å². The van der Waals surface area contributed by atoms with Crippen LogP contribution in [0.2, 0.25) is 10.0 Å². The SMILES string of the molecule is CC1Cc2cc(C(=O)NCCCOc3ccc(Cl)cc3Cl)ccc2N1S(C)(=O)=O. The summed E-state index contributed by atoms with van der Waals surface area (Å²) >= 11 is 11.9. The maximum Gasteiger partial charge on any atom is 0.251 e. The zero-order valence-corrected chi connectivity index (χ0v) is 18.4. The lowest BCUT2D eigenvalue weighted by Gasteiger charge is -2.21. The molecule has 1 atom stereocenters. The summed E-state index contributed by atoms with van der Waals surface area (Å²) in [6.07, 6.45) is 2.38. The fraction of sp³-hybridized carbons (Fsp3) is 0.350. The van der Waals surface area contributed by atoms with Gasteiger partial charge in [-0.25, -0.2) is 8.42 Å². The Morgan fingerprint density at radius 1 is 1.24 bits per heavy atom. The van der Waals surface area contributed by atoms with E-state index in [-0.39, 0.29) is 11.9 Å². The van der Waals surface area contributed by atoms with Crippen molar-refractivity contribution in [2.45, 2.75) is 25.8 Å². The Morgan fingerprint density at radius 2 is 2.00 bits per heavy atom. The maximum absolute atomic E-state index is 12.4. The van der Waals surface area contributed by atoms with Crippen molar-refractivity contribution >= 4 is 44.8 Å². The molecule has 1 unspecified atom stereocenters. The third kappa shape index (κ3) is 5.15. The number of nitrogens with one attached hydrogen (secondary N) is 1. The van der Waals surface area contributed by atoms with Gasteiger partial charge in [0.1, 0.15) is 5.75 Å². The molecular formula is C20H22Cl2N2O4S. The van der Waals surface area contributed by atoms with E-state index >= 15 is 0 Å². The van der Waals surface area contributed by atoms with E-state index in [1.165, 1.54) is 10.6 Å². The first kappa shape index (κ1) is 21.7. The summed E-state index contributed by atoms with van der Waals surface area (Å²) < 4.78 is 31.0. The van der Waals surface area contributed by atoms with Crippen LogP contribution in [0.15, 0.2) is 36.4 Å². The predicted molar refractivity (Wildman–Crippen MR) is 116 cm³/mol. The number of fused-ring (bicyclic) bond motifs is 1. The van der Waals surface area contributed by atoms with Crippen LogP contribution in [-0.2, 0) is 16.4 Å². The molecule has 2 aromatic carbocycles. The molecule has 29 heavy (non-hydrogen) atoms. The number of hydrogen-bond acceptors (Lipinski definition) is 4. The minimum atomic E-state index is -3.35. The number of halogens is 2. The first-order valence-electron chi connectivity index (χ1n) is 9.15. The number of nitrogens with zero attached hydrogens (tertiary/aromatic N) is 1.